The molecule has 2 amide bonds. The molecular weight excluding hydrogens is 316 g/mol. The Kier molecular flexibility index (Phi) is 5.89. The summed E-state index contributed by atoms with van der Waals surface area (Å²) in [5, 5.41) is 0. The molecule has 3 heterocycles. The number of likely N-dealkylation sites (tertiary alicyclic amines) is 1. The Labute approximate surface area is 149 Å². The Morgan fingerprint density at radius 1 is 1.32 bits per heavy atom. The van der Waals surface area contributed by atoms with Gasteiger partial charge in [0.2, 0.25) is 11.8 Å². The van der Waals surface area contributed by atoms with Gasteiger partial charge >= 0.3 is 0 Å². The summed E-state index contributed by atoms with van der Waals surface area (Å²) in [6, 6.07) is 6.18. The maximum absolute atomic E-state index is 12.5. The molecule has 1 unspecified atom stereocenters. The van der Waals surface area contributed by atoms with Gasteiger partial charge in [0.1, 0.15) is 5.82 Å². The summed E-state index contributed by atoms with van der Waals surface area (Å²) in [6.45, 7) is 3.39. The van der Waals surface area contributed by atoms with Crippen molar-refractivity contribution in [3.63, 3.8) is 0 Å². The molecule has 0 aromatic carbocycles. The predicted octanol–water partition coefficient (Wildman–Crippen LogP) is 1.91. The van der Waals surface area contributed by atoms with Gasteiger partial charge in [0.05, 0.1) is 0 Å². The molecule has 3 rings (SSSR count). The Balaban J connectivity index is 1.47. The predicted molar refractivity (Wildman–Crippen MR) is 97.3 cm³/mol. The van der Waals surface area contributed by atoms with Crippen molar-refractivity contribution in [3.05, 3.63) is 24.4 Å². The van der Waals surface area contributed by atoms with Gasteiger partial charge < -0.3 is 14.7 Å². The van der Waals surface area contributed by atoms with Crippen molar-refractivity contribution in [2.24, 2.45) is 0 Å². The van der Waals surface area contributed by atoms with Gasteiger partial charge in [0.15, 0.2) is 0 Å². The maximum Gasteiger partial charge on any atom is 0.222 e. The molecule has 0 spiro atoms. The maximum atomic E-state index is 12.5. The molecule has 2 fully saturated rings. The van der Waals surface area contributed by atoms with Crippen molar-refractivity contribution in [1.29, 1.82) is 0 Å². The minimum absolute atomic E-state index is 0.180. The first kappa shape index (κ1) is 17.7. The molecule has 0 radical (unpaired) electrons. The number of carbonyl (C=O) groups excluding carboxylic acids is 2. The zero-order valence-electron chi connectivity index (χ0n) is 15.1. The highest BCUT2D eigenvalue weighted by Gasteiger charge is 2.27. The minimum atomic E-state index is 0.180. The lowest BCUT2D eigenvalue weighted by Gasteiger charge is -2.38. The van der Waals surface area contributed by atoms with E-state index >= 15 is 0 Å². The smallest absolute Gasteiger partial charge is 0.222 e. The van der Waals surface area contributed by atoms with E-state index in [-0.39, 0.29) is 17.9 Å². The molecule has 0 saturated carbocycles. The number of rotatable bonds is 6. The Morgan fingerprint density at radius 2 is 2.20 bits per heavy atom. The quantitative estimate of drug-likeness (QED) is 0.791. The lowest BCUT2D eigenvalue weighted by atomic mass is 10.0. The summed E-state index contributed by atoms with van der Waals surface area (Å²) in [5.74, 6) is 1.40. The van der Waals surface area contributed by atoms with Gasteiger partial charge in [-0.1, -0.05) is 6.07 Å². The zero-order valence-corrected chi connectivity index (χ0v) is 15.1. The standard InChI is InChI=1S/C19H28N4O2/c1-21(18(24)9-5-12-22-13-6-10-19(22)25)16-7-4-14-23(15-16)17-8-2-3-11-20-17/h2-3,8,11,16H,4-7,9-10,12-15H2,1H3. The molecule has 1 aromatic rings. The summed E-state index contributed by atoms with van der Waals surface area (Å²) >= 11 is 0. The monoisotopic (exact) mass is 344 g/mol. The number of hydrogen-bond donors (Lipinski definition) is 0. The van der Waals surface area contributed by atoms with Crippen LogP contribution in [0.15, 0.2) is 24.4 Å². The normalized spacial score (nSPS) is 20.8. The average Bonchev–Trinajstić information content (AvgIpc) is 3.07. The summed E-state index contributed by atoms with van der Waals surface area (Å²) in [5.41, 5.74) is 0. The van der Waals surface area contributed by atoms with Gasteiger partial charge in [-0.15, -0.1) is 0 Å². The Morgan fingerprint density at radius 3 is 2.92 bits per heavy atom. The molecule has 25 heavy (non-hydrogen) atoms. The number of anilines is 1. The third kappa shape index (κ3) is 4.50. The van der Waals surface area contributed by atoms with Crippen LogP contribution in [0.3, 0.4) is 0 Å². The number of amides is 2. The van der Waals surface area contributed by atoms with Gasteiger partial charge in [-0.05, 0) is 37.8 Å². The third-order valence-corrected chi connectivity index (χ3v) is 5.30. The van der Waals surface area contributed by atoms with Crippen molar-refractivity contribution < 1.29 is 9.59 Å². The number of carbonyl (C=O) groups is 2. The van der Waals surface area contributed by atoms with E-state index in [1.54, 1.807) is 0 Å². The van der Waals surface area contributed by atoms with Crippen LogP contribution in [0.4, 0.5) is 5.82 Å². The molecule has 2 aliphatic heterocycles. The number of nitrogens with zero attached hydrogens (tertiary/aromatic N) is 4. The van der Waals surface area contributed by atoms with E-state index in [1.165, 1.54) is 0 Å². The molecule has 6 heteroatoms. The fourth-order valence-corrected chi connectivity index (χ4v) is 3.76. The summed E-state index contributed by atoms with van der Waals surface area (Å²) in [7, 11) is 1.91. The molecule has 6 nitrogen and oxygen atoms in total. The molecule has 1 aromatic heterocycles. The zero-order chi connectivity index (χ0) is 17.6. The SMILES string of the molecule is CN(C(=O)CCCN1CCCC1=O)C1CCCN(c2ccccn2)C1. The molecule has 0 bridgehead atoms. The van der Waals surface area contributed by atoms with E-state index in [0.29, 0.717) is 19.4 Å². The lowest BCUT2D eigenvalue weighted by Crippen LogP contribution is -2.49. The highest BCUT2D eigenvalue weighted by molar-refractivity contribution is 5.78. The van der Waals surface area contributed by atoms with Crippen LogP contribution in [0.25, 0.3) is 0 Å². The van der Waals surface area contributed by atoms with E-state index < -0.39 is 0 Å². The van der Waals surface area contributed by atoms with Crippen molar-refractivity contribution in [3.8, 4) is 0 Å². The largest absolute Gasteiger partial charge is 0.355 e. The van der Waals surface area contributed by atoms with Crippen LogP contribution >= 0.6 is 0 Å². The highest BCUT2D eigenvalue weighted by atomic mass is 16.2. The van der Waals surface area contributed by atoms with E-state index in [0.717, 1.165) is 51.1 Å². The molecule has 1 atom stereocenters. The number of piperidine rings is 1. The first-order chi connectivity index (χ1) is 12.1. The van der Waals surface area contributed by atoms with Gasteiger partial charge in [-0.3, -0.25) is 9.59 Å². The average molecular weight is 344 g/mol. The molecule has 0 aliphatic carbocycles. The van der Waals surface area contributed by atoms with Crippen molar-refractivity contribution in [2.45, 2.75) is 44.6 Å². The fourth-order valence-electron chi connectivity index (χ4n) is 3.76. The van der Waals surface area contributed by atoms with Crippen LogP contribution in [0.1, 0.15) is 38.5 Å². The summed E-state index contributed by atoms with van der Waals surface area (Å²) in [6.07, 6.45) is 6.81. The number of pyridine rings is 1. The van der Waals surface area contributed by atoms with Crippen LogP contribution < -0.4 is 4.90 Å². The van der Waals surface area contributed by atoms with Crippen molar-refractivity contribution >= 4 is 17.6 Å². The lowest BCUT2D eigenvalue weighted by molar-refractivity contribution is -0.133. The van der Waals surface area contributed by atoms with E-state index in [9.17, 15) is 9.59 Å². The van der Waals surface area contributed by atoms with Crippen LogP contribution in [-0.2, 0) is 9.59 Å². The topological polar surface area (TPSA) is 56.8 Å². The van der Waals surface area contributed by atoms with Crippen LogP contribution in [0.5, 0.6) is 0 Å². The van der Waals surface area contributed by atoms with Crippen molar-refractivity contribution in [1.82, 2.24) is 14.8 Å². The van der Waals surface area contributed by atoms with Gasteiger partial charge in [0.25, 0.3) is 0 Å². The minimum Gasteiger partial charge on any atom is -0.355 e. The van der Waals surface area contributed by atoms with Crippen LogP contribution in [0.2, 0.25) is 0 Å². The first-order valence-electron chi connectivity index (χ1n) is 9.34. The van der Waals surface area contributed by atoms with Gasteiger partial charge in [-0.25, -0.2) is 4.98 Å². The second-order valence-corrected chi connectivity index (χ2v) is 7.02. The van der Waals surface area contributed by atoms with Crippen LogP contribution in [-0.4, -0.2) is 65.9 Å². The molecular formula is C19H28N4O2. The van der Waals surface area contributed by atoms with Gasteiger partial charge in [-0.2, -0.15) is 0 Å². The number of likely N-dealkylation sites (N-methyl/N-ethyl adjacent to an activating group) is 1. The third-order valence-electron chi connectivity index (χ3n) is 5.30. The number of hydrogen-bond acceptors (Lipinski definition) is 4. The second-order valence-electron chi connectivity index (χ2n) is 7.02. The van der Waals surface area contributed by atoms with Crippen molar-refractivity contribution in [2.75, 3.05) is 38.1 Å². The fraction of sp³-hybridized carbons (Fsp3) is 0.632. The Bertz CT molecular complexity index is 592. The van der Waals surface area contributed by atoms with E-state index in [4.69, 9.17) is 0 Å². The summed E-state index contributed by atoms with van der Waals surface area (Å²) in [4.78, 5) is 34.6. The van der Waals surface area contributed by atoms with Gasteiger partial charge in [0, 0.05) is 58.3 Å². The van der Waals surface area contributed by atoms with Crippen LogP contribution in [0, 0.1) is 0 Å². The molecule has 2 aliphatic rings. The molecule has 136 valence electrons. The highest BCUT2D eigenvalue weighted by Crippen LogP contribution is 2.20. The Hall–Kier alpha value is -2.11. The first-order valence-corrected chi connectivity index (χ1v) is 9.34. The summed E-state index contributed by atoms with van der Waals surface area (Å²) < 4.78 is 0. The number of aromatic nitrogens is 1. The van der Waals surface area contributed by atoms with E-state index in [2.05, 4.69) is 9.88 Å². The molecule has 2 saturated heterocycles. The van der Waals surface area contributed by atoms with E-state index in [1.807, 2.05) is 41.2 Å². The second kappa shape index (κ2) is 8.32. The molecule has 0 N–H and O–H groups in total.